The van der Waals surface area contributed by atoms with E-state index in [-0.39, 0.29) is 17.6 Å². The van der Waals surface area contributed by atoms with Crippen LogP contribution in [0.4, 0.5) is 4.39 Å². The summed E-state index contributed by atoms with van der Waals surface area (Å²) in [7, 11) is 0. The van der Waals surface area contributed by atoms with E-state index in [0.717, 1.165) is 4.47 Å². The van der Waals surface area contributed by atoms with Crippen LogP contribution >= 0.6 is 27.5 Å². The van der Waals surface area contributed by atoms with Crippen molar-refractivity contribution in [2.75, 3.05) is 5.88 Å². The predicted octanol–water partition coefficient (Wildman–Crippen LogP) is 3.51. The van der Waals surface area contributed by atoms with Crippen LogP contribution in [0.3, 0.4) is 0 Å². The van der Waals surface area contributed by atoms with Crippen molar-refractivity contribution in [3.8, 4) is 6.07 Å². The molecule has 1 unspecified atom stereocenters. The SMILES string of the molecule is N#CC(CCl)Cc1cc(Br)ccc1F. The first kappa shape index (κ1) is 11.5. The molecule has 74 valence electrons. The highest BCUT2D eigenvalue weighted by molar-refractivity contribution is 9.10. The lowest BCUT2D eigenvalue weighted by Gasteiger charge is -2.06. The van der Waals surface area contributed by atoms with Crippen molar-refractivity contribution in [2.45, 2.75) is 6.42 Å². The van der Waals surface area contributed by atoms with E-state index in [0.29, 0.717) is 12.0 Å². The molecule has 0 N–H and O–H groups in total. The summed E-state index contributed by atoms with van der Waals surface area (Å²) < 4.78 is 14.0. The summed E-state index contributed by atoms with van der Waals surface area (Å²) in [6.07, 6.45) is 0.352. The van der Waals surface area contributed by atoms with Crippen molar-refractivity contribution in [2.24, 2.45) is 5.92 Å². The van der Waals surface area contributed by atoms with Crippen LogP contribution in [0.25, 0.3) is 0 Å². The van der Waals surface area contributed by atoms with Gasteiger partial charge in [0.1, 0.15) is 5.82 Å². The summed E-state index contributed by atoms with van der Waals surface area (Å²) in [4.78, 5) is 0. The molecule has 0 radical (unpaired) electrons. The van der Waals surface area contributed by atoms with Gasteiger partial charge in [-0.05, 0) is 30.2 Å². The molecule has 1 rings (SSSR count). The zero-order valence-electron chi connectivity index (χ0n) is 7.30. The average molecular weight is 277 g/mol. The first-order chi connectivity index (χ1) is 6.67. The highest BCUT2D eigenvalue weighted by Gasteiger charge is 2.10. The molecule has 0 spiro atoms. The number of halogens is 3. The molecule has 14 heavy (non-hydrogen) atoms. The normalized spacial score (nSPS) is 12.1. The zero-order valence-corrected chi connectivity index (χ0v) is 9.65. The van der Waals surface area contributed by atoms with Crippen LogP contribution in [0, 0.1) is 23.1 Å². The largest absolute Gasteiger partial charge is 0.207 e. The molecular weight excluding hydrogens is 268 g/mol. The quantitative estimate of drug-likeness (QED) is 0.775. The van der Waals surface area contributed by atoms with Crippen LogP contribution in [0.1, 0.15) is 5.56 Å². The highest BCUT2D eigenvalue weighted by Crippen LogP contribution is 2.18. The summed E-state index contributed by atoms with van der Waals surface area (Å²) in [5.41, 5.74) is 0.520. The Labute approximate surface area is 95.6 Å². The molecule has 1 aromatic carbocycles. The lowest BCUT2D eigenvalue weighted by atomic mass is 10.0. The van der Waals surface area contributed by atoms with Gasteiger partial charge in [-0.1, -0.05) is 15.9 Å². The molecule has 0 heterocycles. The van der Waals surface area contributed by atoms with Crippen LogP contribution in [0.15, 0.2) is 22.7 Å². The smallest absolute Gasteiger partial charge is 0.126 e. The third-order valence-corrected chi connectivity index (χ3v) is 2.71. The van der Waals surface area contributed by atoms with Gasteiger partial charge in [0.25, 0.3) is 0 Å². The molecule has 4 heteroatoms. The highest BCUT2D eigenvalue weighted by atomic mass is 79.9. The molecule has 0 saturated heterocycles. The third kappa shape index (κ3) is 2.97. The van der Waals surface area contributed by atoms with Gasteiger partial charge in [-0.15, -0.1) is 11.6 Å². The van der Waals surface area contributed by atoms with Gasteiger partial charge in [0.05, 0.1) is 12.0 Å². The van der Waals surface area contributed by atoms with E-state index in [4.69, 9.17) is 16.9 Å². The Morgan fingerprint density at radius 3 is 2.86 bits per heavy atom. The first-order valence-corrected chi connectivity index (χ1v) is 5.39. The molecule has 1 nitrogen and oxygen atoms in total. The van der Waals surface area contributed by atoms with Gasteiger partial charge < -0.3 is 0 Å². The number of alkyl halides is 1. The number of hydrogen-bond acceptors (Lipinski definition) is 1. The van der Waals surface area contributed by atoms with Crippen molar-refractivity contribution < 1.29 is 4.39 Å². The van der Waals surface area contributed by atoms with Crippen LogP contribution in [-0.4, -0.2) is 5.88 Å². The molecule has 0 bridgehead atoms. The Kier molecular flexibility index (Phi) is 4.37. The number of nitriles is 1. The molecule has 0 fully saturated rings. The molecule has 0 amide bonds. The van der Waals surface area contributed by atoms with Crippen LogP contribution < -0.4 is 0 Å². The van der Waals surface area contributed by atoms with Gasteiger partial charge in [-0.2, -0.15) is 5.26 Å². The second-order valence-corrected chi connectivity index (χ2v) is 4.14. The van der Waals surface area contributed by atoms with Crippen molar-refractivity contribution in [3.63, 3.8) is 0 Å². The minimum absolute atomic E-state index is 0.225. The van der Waals surface area contributed by atoms with Crippen molar-refractivity contribution >= 4 is 27.5 Å². The monoisotopic (exact) mass is 275 g/mol. The summed E-state index contributed by atoms with van der Waals surface area (Å²) in [6, 6.07) is 6.71. The van der Waals surface area contributed by atoms with Gasteiger partial charge in [0.2, 0.25) is 0 Å². The zero-order chi connectivity index (χ0) is 10.6. The van der Waals surface area contributed by atoms with E-state index in [1.165, 1.54) is 6.07 Å². The van der Waals surface area contributed by atoms with E-state index in [9.17, 15) is 4.39 Å². The summed E-state index contributed by atoms with van der Waals surface area (Å²) in [5.74, 6) is -0.401. The van der Waals surface area contributed by atoms with Crippen LogP contribution in [0.5, 0.6) is 0 Å². The number of nitrogens with zero attached hydrogens (tertiary/aromatic N) is 1. The fourth-order valence-electron chi connectivity index (χ4n) is 1.10. The third-order valence-electron chi connectivity index (χ3n) is 1.84. The standard InChI is InChI=1S/C10H8BrClFN/c11-9-1-2-10(13)8(4-9)3-7(5-12)6-14/h1-2,4,7H,3,5H2. The molecule has 1 atom stereocenters. The lowest BCUT2D eigenvalue weighted by Crippen LogP contribution is -2.05. The minimum Gasteiger partial charge on any atom is -0.207 e. The Morgan fingerprint density at radius 2 is 2.29 bits per heavy atom. The van der Waals surface area contributed by atoms with Gasteiger partial charge in [0.15, 0.2) is 0 Å². The molecule has 0 aliphatic rings. The topological polar surface area (TPSA) is 23.8 Å². The Hall–Kier alpha value is -0.590. The van der Waals surface area contributed by atoms with Gasteiger partial charge in [-0.25, -0.2) is 4.39 Å². The lowest BCUT2D eigenvalue weighted by molar-refractivity contribution is 0.595. The van der Waals surface area contributed by atoms with E-state index in [2.05, 4.69) is 15.9 Å². The molecule has 0 saturated carbocycles. The maximum absolute atomic E-state index is 13.2. The maximum Gasteiger partial charge on any atom is 0.126 e. The molecular formula is C10H8BrClFN. The van der Waals surface area contributed by atoms with E-state index in [1.807, 2.05) is 6.07 Å². The van der Waals surface area contributed by atoms with Crippen LogP contribution in [-0.2, 0) is 6.42 Å². The molecule has 1 aromatic rings. The summed E-state index contributed by atoms with van der Waals surface area (Å²) in [5, 5.41) is 8.68. The van der Waals surface area contributed by atoms with Gasteiger partial charge in [0, 0.05) is 10.4 Å². The second kappa shape index (κ2) is 5.33. The minimum atomic E-state index is -0.333. The van der Waals surface area contributed by atoms with Crippen molar-refractivity contribution in [3.05, 3.63) is 34.1 Å². The number of benzene rings is 1. The maximum atomic E-state index is 13.2. The molecule has 0 aliphatic carbocycles. The summed E-state index contributed by atoms with van der Waals surface area (Å²) in [6.45, 7) is 0. The van der Waals surface area contributed by atoms with Crippen molar-refractivity contribution in [1.82, 2.24) is 0 Å². The van der Waals surface area contributed by atoms with Crippen LogP contribution in [0.2, 0.25) is 0 Å². The summed E-state index contributed by atoms with van der Waals surface area (Å²) >= 11 is 8.80. The van der Waals surface area contributed by atoms with Crippen molar-refractivity contribution in [1.29, 1.82) is 5.26 Å². The van der Waals surface area contributed by atoms with Gasteiger partial charge >= 0.3 is 0 Å². The first-order valence-electron chi connectivity index (χ1n) is 4.07. The van der Waals surface area contributed by atoms with E-state index < -0.39 is 0 Å². The fourth-order valence-corrected chi connectivity index (χ4v) is 1.69. The van der Waals surface area contributed by atoms with E-state index >= 15 is 0 Å². The van der Waals surface area contributed by atoms with Gasteiger partial charge in [-0.3, -0.25) is 0 Å². The second-order valence-electron chi connectivity index (χ2n) is 2.92. The number of rotatable bonds is 3. The fraction of sp³-hybridized carbons (Fsp3) is 0.300. The Morgan fingerprint density at radius 1 is 1.57 bits per heavy atom. The predicted molar refractivity (Wildman–Crippen MR) is 57.6 cm³/mol. The van der Waals surface area contributed by atoms with E-state index in [1.54, 1.807) is 12.1 Å². The number of hydrogen-bond donors (Lipinski definition) is 0. The molecule has 0 aromatic heterocycles. The Balaban J connectivity index is 2.86. The molecule has 0 aliphatic heterocycles. The Bertz CT molecular complexity index is 362. The average Bonchev–Trinajstić information content (AvgIpc) is 2.19.